The summed E-state index contributed by atoms with van der Waals surface area (Å²) in [7, 11) is 5.32. The van der Waals surface area contributed by atoms with Crippen LogP contribution in [-0.4, -0.2) is 186 Å². The number of rotatable bonds is 24. The van der Waals surface area contributed by atoms with E-state index in [1.165, 1.54) is 75.6 Å². The fourth-order valence-corrected chi connectivity index (χ4v) is 11.6. The van der Waals surface area contributed by atoms with Crippen molar-refractivity contribution in [2.75, 3.05) is 63.8 Å². The first-order valence-corrected chi connectivity index (χ1v) is 26.8. The summed E-state index contributed by atoms with van der Waals surface area (Å²) in [5, 5.41) is 21.7. The summed E-state index contributed by atoms with van der Waals surface area (Å²) in [6, 6.07) is -2.18. The maximum atomic E-state index is 13.7. The van der Waals surface area contributed by atoms with Crippen LogP contribution in [0.2, 0.25) is 0 Å². The van der Waals surface area contributed by atoms with E-state index in [-0.39, 0.29) is 58.9 Å². The molecule has 0 radical (unpaired) electrons. The number of ether oxygens (including phenoxy) is 8. The molecule has 2 aromatic rings. The van der Waals surface area contributed by atoms with Crippen LogP contribution in [0.1, 0.15) is 59.9 Å². The SMILES string of the molecule is COCC1=C(C(=O)O[C@@H](C)OC(=O)OC(C)C)N2C(=O)[C@@H](NC(=O)/C(=N\OC)c3csc(NC(C)Nc4nc(/C(=N/OC)C(=O)N[C@@H]5C(=O)N6C(C(=O)O[C@@H](C)OC(=O)OC(C)C)=C(COC)CS[C@H]56)cs4)n3)[C@H]2SC1. The number of hydrogen-bond acceptors (Lipinski definition) is 28. The number of anilines is 2. The number of aromatic nitrogens is 2. The number of nitrogens with one attached hydrogen (secondary N) is 4. The number of hydrogen-bond donors (Lipinski definition) is 4. The first-order chi connectivity index (χ1) is 36.2. The normalized spacial score (nSPS) is 20.5. The molecular weight excluding hydrogens is 1080 g/mol. The van der Waals surface area contributed by atoms with E-state index in [2.05, 4.69) is 41.5 Å². The van der Waals surface area contributed by atoms with E-state index in [4.69, 9.17) is 47.6 Å². The highest BCUT2D eigenvalue weighted by atomic mass is 32.2. The summed E-state index contributed by atoms with van der Waals surface area (Å²) in [6.07, 6.45) is -6.32. The van der Waals surface area contributed by atoms with Crippen molar-refractivity contribution in [2.45, 2.75) is 102 Å². The monoisotopic (exact) mass is 1140 g/mol. The molecule has 4 amide bonds. The van der Waals surface area contributed by atoms with Crippen LogP contribution in [-0.2, 0) is 76.3 Å². The summed E-state index contributed by atoms with van der Waals surface area (Å²) < 4.78 is 41.1. The summed E-state index contributed by atoms with van der Waals surface area (Å²) in [6.45, 7) is 10.9. The fraction of sp³-hybridized carbons (Fsp3) is 0.545. The van der Waals surface area contributed by atoms with E-state index in [1.807, 2.05) is 0 Å². The smallest absolute Gasteiger partial charge is 0.431 e. The molecule has 4 aliphatic rings. The average molecular weight is 1140 g/mol. The number of carbonyl (C=O) groups excluding carboxylic acids is 8. The largest absolute Gasteiger partial charge is 0.511 e. The van der Waals surface area contributed by atoms with Crippen molar-refractivity contribution in [3.63, 3.8) is 0 Å². The number of amides is 4. The Morgan fingerprint density at radius 1 is 0.605 bits per heavy atom. The number of oxime groups is 2. The van der Waals surface area contributed by atoms with Crippen molar-refractivity contribution in [3.8, 4) is 0 Å². The molecule has 0 aliphatic carbocycles. The molecule has 4 N–H and O–H groups in total. The highest BCUT2D eigenvalue weighted by molar-refractivity contribution is 8.00. The molecule has 0 saturated carbocycles. The Bertz CT molecular complexity index is 2500. The van der Waals surface area contributed by atoms with E-state index in [0.29, 0.717) is 21.4 Å². The first kappa shape index (κ1) is 58.5. The third kappa shape index (κ3) is 14.0. The molecule has 2 aromatic heterocycles. The minimum absolute atomic E-state index is 0.00629. The second kappa shape index (κ2) is 26.3. The summed E-state index contributed by atoms with van der Waals surface area (Å²) in [5.74, 6) is -4.24. The van der Waals surface area contributed by atoms with Crippen molar-refractivity contribution in [2.24, 2.45) is 10.3 Å². The number of β-lactam (4-membered cyclic amide) rings is 2. The standard InChI is InChI=1S/C44H56N10O18S4/c1-18(2)67-43(61)71-21(6)69-39(59)31-23(12-63-8)14-73-37-29(35(57)53(31)37)49-33(55)27(51-65-10)25-16-75-41(47-25)45-20(5)46-42-48-26(17-76-42)28(52-66-11)34(56)50-30-36(58)54-32(24(13-64-9)15-74-38(30)54)40(60)70-22(7)72-44(62)68-19(3)4/h16-22,29-30,37-38H,12-15H2,1-11H3,(H,45,47)(H,46,48)(H,49,55)(H,50,56)/b51-27-,52-28-/t21-,22-,29-,30-,37-,38-/m1/s1. The quantitative estimate of drug-likeness (QED) is 0.0293. The number of nitrogens with zero attached hydrogens (tertiary/aromatic N) is 6. The van der Waals surface area contributed by atoms with Gasteiger partial charge >= 0.3 is 24.2 Å². The Labute approximate surface area is 451 Å². The van der Waals surface area contributed by atoms with E-state index in [9.17, 15) is 38.4 Å². The van der Waals surface area contributed by atoms with Gasteiger partial charge in [-0.15, -0.1) is 46.2 Å². The lowest BCUT2D eigenvalue weighted by Crippen LogP contribution is -2.71. The predicted molar refractivity (Wildman–Crippen MR) is 272 cm³/mol. The third-order valence-corrected chi connectivity index (χ3v) is 14.6. The highest BCUT2D eigenvalue weighted by Crippen LogP contribution is 2.42. The topological polar surface area (TPSA) is 334 Å². The zero-order chi connectivity index (χ0) is 55.5. The van der Waals surface area contributed by atoms with Gasteiger partial charge in [-0.25, -0.2) is 29.1 Å². The van der Waals surface area contributed by atoms with Crippen molar-refractivity contribution >= 4 is 116 Å². The van der Waals surface area contributed by atoms with Gasteiger partial charge in [0.25, 0.3) is 23.6 Å². The van der Waals surface area contributed by atoms with Crippen molar-refractivity contribution in [1.29, 1.82) is 0 Å². The van der Waals surface area contributed by atoms with Crippen LogP contribution in [0.15, 0.2) is 43.6 Å². The van der Waals surface area contributed by atoms with Crippen LogP contribution in [0, 0.1) is 0 Å². The Balaban J connectivity index is 1.04. The van der Waals surface area contributed by atoms with E-state index >= 15 is 0 Å². The Morgan fingerprint density at radius 2 is 0.987 bits per heavy atom. The van der Waals surface area contributed by atoms with Gasteiger partial charge in [0.1, 0.15) is 59.8 Å². The molecule has 2 saturated heterocycles. The first-order valence-electron chi connectivity index (χ1n) is 23.0. The van der Waals surface area contributed by atoms with Crippen molar-refractivity contribution < 1.29 is 85.9 Å². The molecule has 6 heterocycles. The maximum Gasteiger partial charge on any atom is 0.511 e. The molecule has 2 fully saturated rings. The molecule has 28 nitrogen and oxygen atoms in total. The maximum absolute atomic E-state index is 13.7. The second-order valence-electron chi connectivity index (χ2n) is 16.8. The number of fused-ring (bicyclic) bond motifs is 2. The molecule has 0 aromatic carbocycles. The van der Waals surface area contributed by atoms with E-state index < -0.39 is 102 Å². The van der Waals surface area contributed by atoms with Gasteiger partial charge in [0.15, 0.2) is 21.7 Å². The van der Waals surface area contributed by atoms with E-state index in [1.54, 1.807) is 45.4 Å². The number of methoxy groups -OCH3 is 2. The van der Waals surface area contributed by atoms with Crippen molar-refractivity contribution in [3.05, 3.63) is 44.7 Å². The number of esters is 2. The van der Waals surface area contributed by atoms with Gasteiger partial charge in [-0.3, -0.25) is 29.0 Å². The summed E-state index contributed by atoms with van der Waals surface area (Å²) in [4.78, 5) is 127. The minimum Gasteiger partial charge on any atom is -0.431 e. The highest BCUT2D eigenvalue weighted by Gasteiger charge is 2.56. The minimum atomic E-state index is -1.36. The molecule has 0 spiro atoms. The second-order valence-corrected chi connectivity index (χ2v) is 20.8. The van der Waals surface area contributed by atoms with Gasteiger partial charge in [-0.2, -0.15) is 0 Å². The third-order valence-electron chi connectivity index (χ3n) is 10.4. The van der Waals surface area contributed by atoms with E-state index in [0.717, 1.165) is 22.7 Å². The predicted octanol–water partition coefficient (Wildman–Crippen LogP) is 2.67. The zero-order valence-electron chi connectivity index (χ0n) is 42.8. The molecule has 6 atom stereocenters. The average Bonchev–Trinajstić information content (AvgIpc) is 4.01. The van der Waals surface area contributed by atoms with Crippen LogP contribution < -0.4 is 21.3 Å². The Morgan fingerprint density at radius 3 is 1.33 bits per heavy atom. The molecule has 32 heteroatoms. The molecular formula is C44H56N10O18S4. The number of carbonyl (C=O) groups is 8. The van der Waals surface area contributed by atoms with Crippen LogP contribution >= 0.6 is 46.2 Å². The Kier molecular flexibility index (Phi) is 20.3. The van der Waals surface area contributed by atoms with Crippen LogP contribution in [0.4, 0.5) is 19.9 Å². The molecule has 0 unspecified atom stereocenters. The van der Waals surface area contributed by atoms with Gasteiger partial charge in [0.2, 0.25) is 12.6 Å². The summed E-state index contributed by atoms with van der Waals surface area (Å²) >= 11 is 4.82. The number of thiazole rings is 2. The van der Waals surface area contributed by atoms with Gasteiger partial charge in [-0.05, 0) is 45.8 Å². The lowest BCUT2D eigenvalue weighted by atomic mass is 10.0. The molecule has 76 heavy (non-hydrogen) atoms. The number of thioether (sulfide) groups is 2. The fourth-order valence-electron chi connectivity index (χ4n) is 7.40. The van der Waals surface area contributed by atoms with Gasteiger partial charge in [0.05, 0.1) is 31.6 Å². The molecule has 414 valence electrons. The van der Waals surface area contributed by atoms with Gasteiger partial charge in [0, 0.05) is 50.3 Å². The lowest BCUT2D eigenvalue weighted by molar-refractivity contribution is -0.170. The molecule has 6 rings (SSSR count). The molecule has 0 bridgehead atoms. The lowest BCUT2D eigenvalue weighted by Gasteiger charge is -2.49. The summed E-state index contributed by atoms with van der Waals surface area (Å²) in [5.41, 5.74) is 0.394. The van der Waals surface area contributed by atoms with Crippen LogP contribution in [0.5, 0.6) is 0 Å². The van der Waals surface area contributed by atoms with Crippen LogP contribution in [0.25, 0.3) is 0 Å². The van der Waals surface area contributed by atoms with Gasteiger partial charge < -0.3 is 68.8 Å². The molecule has 4 aliphatic heterocycles. The Hall–Kier alpha value is -6.74. The van der Waals surface area contributed by atoms with Crippen molar-refractivity contribution in [1.82, 2.24) is 30.4 Å². The van der Waals surface area contributed by atoms with Gasteiger partial charge in [-0.1, -0.05) is 10.3 Å². The zero-order valence-corrected chi connectivity index (χ0v) is 46.1. The van der Waals surface area contributed by atoms with Crippen LogP contribution in [0.3, 0.4) is 0 Å².